The van der Waals surface area contributed by atoms with Crippen molar-refractivity contribution < 1.29 is 28.5 Å². The molecule has 4 rings (SSSR count). The first-order valence-electron chi connectivity index (χ1n) is 10.6. The minimum atomic E-state index is -0.356. The molecule has 34 heavy (non-hydrogen) atoms. The van der Waals surface area contributed by atoms with Crippen LogP contribution in [0.2, 0.25) is 0 Å². The third-order valence-electron chi connectivity index (χ3n) is 5.78. The molecule has 1 unspecified atom stereocenters. The maximum atomic E-state index is 12.9. The number of rotatable bonds is 7. The van der Waals surface area contributed by atoms with E-state index in [0.717, 1.165) is 5.56 Å². The van der Waals surface area contributed by atoms with Gasteiger partial charge in [-0.3, -0.25) is 14.9 Å². The summed E-state index contributed by atoms with van der Waals surface area (Å²) in [6, 6.07) is 10.4. The van der Waals surface area contributed by atoms with Gasteiger partial charge < -0.3 is 18.9 Å². The van der Waals surface area contributed by atoms with Crippen molar-refractivity contribution >= 4 is 17.6 Å². The molecule has 1 aliphatic rings. The Morgan fingerprint density at radius 2 is 1.62 bits per heavy atom. The van der Waals surface area contributed by atoms with Gasteiger partial charge in [-0.2, -0.15) is 0 Å². The Morgan fingerprint density at radius 3 is 2.21 bits per heavy atom. The Labute approximate surface area is 197 Å². The summed E-state index contributed by atoms with van der Waals surface area (Å²) in [4.78, 5) is 34.1. The van der Waals surface area contributed by atoms with Crippen LogP contribution in [0.1, 0.15) is 44.3 Å². The summed E-state index contributed by atoms with van der Waals surface area (Å²) < 4.78 is 21.4. The number of ketones is 1. The van der Waals surface area contributed by atoms with Crippen molar-refractivity contribution in [3.63, 3.8) is 0 Å². The molecule has 1 amide bonds. The Hall–Kier alpha value is -4.14. The molecule has 1 atom stereocenters. The molecule has 1 heterocycles. The summed E-state index contributed by atoms with van der Waals surface area (Å²) in [5.74, 6) is 1.75. The monoisotopic (exact) mass is 463 g/mol. The number of Topliss-reactive ketones (excluding diaryl/α,β-unsaturated/α-hetero) is 1. The molecule has 0 spiro atoms. The third-order valence-corrected chi connectivity index (χ3v) is 5.78. The van der Waals surface area contributed by atoms with Gasteiger partial charge in [-0.05, 0) is 54.3 Å². The fourth-order valence-electron chi connectivity index (χ4n) is 3.99. The number of methoxy groups -OCH3 is 4. The van der Waals surface area contributed by atoms with E-state index in [-0.39, 0.29) is 23.6 Å². The van der Waals surface area contributed by atoms with Crippen LogP contribution in [0.15, 0.2) is 42.6 Å². The van der Waals surface area contributed by atoms with Crippen LogP contribution in [0.5, 0.6) is 23.0 Å². The maximum Gasteiger partial charge on any atom is 0.258 e. The Morgan fingerprint density at radius 1 is 0.941 bits per heavy atom. The van der Waals surface area contributed by atoms with Crippen molar-refractivity contribution in [1.29, 1.82) is 0 Å². The summed E-state index contributed by atoms with van der Waals surface area (Å²) in [6.45, 7) is 0. The highest BCUT2D eigenvalue weighted by molar-refractivity contribution is 6.03. The van der Waals surface area contributed by atoms with E-state index < -0.39 is 0 Å². The van der Waals surface area contributed by atoms with E-state index in [1.165, 1.54) is 6.20 Å². The summed E-state index contributed by atoms with van der Waals surface area (Å²) in [5.41, 5.74) is 2.35. The lowest BCUT2D eigenvalue weighted by molar-refractivity contribution is 0.0962. The molecule has 0 bridgehead atoms. The van der Waals surface area contributed by atoms with Gasteiger partial charge in [-0.25, -0.2) is 9.97 Å². The summed E-state index contributed by atoms with van der Waals surface area (Å²) in [7, 11) is 6.20. The zero-order valence-corrected chi connectivity index (χ0v) is 19.4. The third kappa shape index (κ3) is 4.50. The van der Waals surface area contributed by atoms with Gasteiger partial charge in [0.25, 0.3) is 5.91 Å². The Kier molecular flexibility index (Phi) is 6.62. The topological polar surface area (TPSA) is 109 Å². The van der Waals surface area contributed by atoms with Crippen LogP contribution in [0, 0.1) is 0 Å². The zero-order valence-electron chi connectivity index (χ0n) is 19.4. The molecule has 2 aromatic carbocycles. The molecule has 176 valence electrons. The molecule has 9 nitrogen and oxygen atoms in total. The van der Waals surface area contributed by atoms with Gasteiger partial charge in [0, 0.05) is 18.2 Å². The summed E-state index contributed by atoms with van der Waals surface area (Å²) in [5, 5.41) is 2.70. The van der Waals surface area contributed by atoms with Crippen LogP contribution in [-0.2, 0) is 6.42 Å². The number of benzene rings is 2. The summed E-state index contributed by atoms with van der Waals surface area (Å²) >= 11 is 0. The highest BCUT2D eigenvalue weighted by atomic mass is 16.5. The predicted molar refractivity (Wildman–Crippen MR) is 124 cm³/mol. The maximum absolute atomic E-state index is 12.9. The molecule has 1 aliphatic carbocycles. The lowest BCUT2D eigenvalue weighted by atomic mass is 9.82. The lowest BCUT2D eigenvalue weighted by Crippen LogP contribution is -2.22. The minimum Gasteiger partial charge on any atom is -0.497 e. The molecule has 9 heteroatoms. The van der Waals surface area contributed by atoms with Crippen LogP contribution >= 0.6 is 0 Å². The van der Waals surface area contributed by atoms with Crippen LogP contribution in [-0.4, -0.2) is 50.1 Å². The van der Waals surface area contributed by atoms with Gasteiger partial charge in [0.05, 0.1) is 39.7 Å². The van der Waals surface area contributed by atoms with Crippen molar-refractivity contribution in [2.24, 2.45) is 0 Å². The zero-order chi connectivity index (χ0) is 24.2. The van der Waals surface area contributed by atoms with Crippen molar-refractivity contribution in [2.75, 3.05) is 33.8 Å². The molecule has 0 fully saturated rings. The van der Waals surface area contributed by atoms with Crippen molar-refractivity contribution in [2.45, 2.75) is 18.8 Å². The van der Waals surface area contributed by atoms with Gasteiger partial charge in [-0.15, -0.1) is 0 Å². The number of nitrogens with one attached hydrogen (secondary N) is 1. The van der Waals surface area contributed by atoms with Crippen LogP contribution in [0.4, 0.5) is 5.95 Å². The van der Waals surface area contributed by atoms with Gasteiger partial charge in [0.2, 0.25) is 11.7 Å². The van der Waals surface area contributed by atoms with E-state index in [2.05, 4.69) is 15.3 Å². The van der Waals surface area contributed by atoms with Crippen molar-refractivity contribution in [3.8, 4) is 23.0 Å². The van der Waals surface area contributed by atoms with E-state index in [4.69, 9.17) is 18.9 Å². The molecule has 0 saturated carbocycles. The Bertz CT molecular complexity index is 1200. The number of nitrogens with zero attached hydrogens (tertiary/aromatic N) is 2. The number of fused-ring (bicyclic) bond motifs is 1. The minimum absolute atomic E-state index is 0.0620. The second-order valence-corrected chi connectivity index (χ2v) is 7.72. The first-order chi connectivity index (χ1) is 16.5. The number of hydrogen-bond donors (Lipinski definition) is 1. The first-order valence-corrected chi connectivity index (χ1v) is 10.6. The molecule has 1 aromatic heterocycles. The fourth-order valence-corrected chi connectivity index (χ4v) is 3.99. The van der Waals surface area contributed by atoms with E-state index in [9.17, 15) is 9.59 Å². The van der Waals surface area contributed by atoms with Gasteiger partial charge >= 0.3 is 0 Å². The smallest absolute Gasteiger partial charge is 0.258 e. The fraction of sp³-hybridized carbons (Fsp3) is 0.280. The quantitative estimate of drug-likeness (QED) is 0.565. The van der Waals surface area contributed by atoms with Gasteiger partial charge in [-0.1, -0.05) is 0 Å². The average molecular weight is 463 g/mol. The van der Waals surface area contributed by atoms with Crippen molar-refractivity contribution in [3.05, 3.63) is 65.0 Å². The number of ether oxygens (including phenoxy) is 4. The highest BCUT2D eigenvalue weighted by Crippen LogP contribution is 2.42. The number of aromatic nitrogens is 2. The normalized spacial score (nSPS) is 14.7. The SMILES string of the molecule is COc1ccc(C(=O)Nc2ncc3c(n2)CC(c2cc(OC)c(OC)c(OC)c2)CC3=O)cc1. The molecule has 3 aromatic rings. The second kappa shape index (κ2) is 9.78. The average Bonchev–Trinajstić information content (AvgIpc) is 2.87. The number of hydrogen-bond acceptors (Lipinski definition) is 8. The van der Waals surface area contributed by atoms with E-state index >= 15 is 0 Å². The number of anilines is 1. The van der Waals surface area contributed by atoms with E-state index in [0.29, 0.717) is 52.7 Å². The molecule has 0 saturated heterocycles. The van der Waals surface area contributed by atoms with E-state index in [1.54, 1.807) is 52.7 Å². The first kappa shape index (κ1) is 23.0. The van der Waals surface area contributed by atoms with Crippen LogP contribution in [0.3, 0.4) is 0 Å². The summed E-state index contributed by atoms with van der Waals surface area (Å²) in [6.07, 6.45) is 2.26. The highest BCUT2D eigenvalue weighted by Gasteiger charge is 2.30. The van der Waals surface area contributed by atoms with Gasteiger partial charge in [0.15, 0.2) is 17.3 Å². The number of amides is 1. The molecular weight excluding hydrogens is 438 g/mol. The molecular formula is C25H25N3O6. The van der Waals surface area contributed by atoms with E-state index in [1.807, 2.05) is 12.1 Å². The molecule has 1 N–H and O–H groups in total. The number of carbonyl (C=O) groups excluding carboxylic acids is 2. The van der Waals surface area contributed by atoms with Crippen LogP contribution < -0.4 is 24.3 Å². The number of carbonyl (C=O) groups is 2. The largest absolute Gasteiger partial charge is 0.497 e. The second-order valence-electron chi connectivity index (χ2n) is 7.72. The molecule has 0 aliphatic heterocycles. The van der Waals surface area contributed by atoms with Crippen molar-refractivity contribution in [1.82, 2.24) is 9.97 Å². The Balaban J connectivity index is 1.59. The lowest BCUT2D eigenvalue weighted by Gasteiger charge is -2.24. The van der Waals surface area contributed by atoms with Crippen LogP contribution in [0.25, 0.3) is 0 Å². The predicted octanol–water partition coefficient (Wildman–Crippen LogP) is 3.68. The molecule has 0 radical (unpaired) electrons. The van der Waals surface area contributed by atoms with Gasteiger partial charge in [0.1, 0.15) is 5.75 Å². The standard InChI is InChI=1S/C25H25N3O6/c1-31-17-7-5-14(6-8-17)24(30)28-25-26-13-18-19(27-25)9-15(10-20(18)29)16-11-21(32-2)23(34-4)22(12-16)33-3/h5-8,11-13,15H,9-10H2,1-4H3,(H,26,27,28,30).